The first-order valence-electron chi connectivity index (χ1n) is 21.5. The largest absolute Gasteiger partial charge is 0.310 e. The zero-order valence-electron chi connectivity index (χ0n) is 34.1. The van der Waals surface area contributed by atoms with E-state index < -0.39 is 5.41 Å². The van der Waals surface area contributed by atoms with Crippen molar-refractivity contribution < 1.29 is 0 Å². The second-order valence-electron chi connectivity index (χ2n) is 16.4. The molecule has 0 atom stereocenters. The highest BCUT2D eigenvalue weighted by Crippen LogP contribution is 2.63. The van der Waals surface area contributed by atoms with E-state index in [1.165, 1.54) is 89.0 Å². The van der Waals surface area contributed by atoms with Crippen molar-refractivity contribution in [2.45, 2.75) is 5.41 Å². The normalized spacial score (nSPS) is 12.6. The van der Waals surface area contributed by atoms with Crippen molar-refractivity contribution in [1.29, 1.82) is 0 Å². The third-order valence-electron chi connectivity index (χ3n) is 13.1. The second kappa shape index (κ2) is 14.6. The van der Waals surface area contributed by atoms with Gasteiger partial charge in [-0.1, -0.05) is 194 Å². The number of nitrogens with zero attached hydrogens (tertiary/aromatic N) is 1. The lowest BCUT2D eigenvalue weighted by Crippen LogP contribution is -2.26. The summed E-state index contributed by atoms with van der Waals surface area (Å²) in [7, 11) is 0. The van der Waals surface area contributed by atoms with Crippen LogP contribution < -0.4 is 4.90 Å². The van der Waals surface area contributed by atoms with Crippen LogP contribution in [-0.4, -0.2) is 0 Å². The Morgan fingerprint density at radius 3 is 0.935 bits per heavy atom. The number of rotatable bonds is 7. The molecule has 0 amide bonds. The third kappa shape index (κ3) is 5.70. The van der Waals surface area contributed by atoms with E-state index in [4.69, 9.17) is 0 Å². The SMILES string of the molecule is c1ccc(-c2ccc(N(c3ccc(-c4cc(-c5ccccc5)cc(-c5ccccc5)c4)cc3)c3ccc4c(c3)C3(c5ccccc5-c5ccccc53)c3ccccc3-4)cc2)cc1. The van der Waals surface area contributed by atoms with Gasteiger partial charge in [0.25, 0.3) is 0 Å². The van der Waals surface area contributed by atoms with Crippen LogP contribution in [0.5, 0.6) is 0 Å². The van der Waals surface area contributed by atoms with Crippen LogP contribution >= 0.6 is 0 Å². The average molecular weight is 788 g/mol. The van der Waals surface area contributed by atoms with E-state index in [9.17, 15) is 0 Å². The summed E-state index contributed by atoms with van der Waals surface area (Å²) in [5.74, 6) is 0. The van der Waals surface area contributed by atoms with Gasteiger partial charge in [-0.2, -0.15) is 0 Å². The van der Waals surface area contributed by atoms with Crippen molar-refractivity contribution in [3.05, 3.63) is 271 Å². The summed E-state index contributed by atoms with van der Waals surface area (Å²) in [4.78, 5) is 2.43. The van der Waals surface area contributed by atoms with E-state index in [1.54, 1.807) is 0 Å². The Balaban J connectivity index is 1.03. The van der Waals surface area contributed by atoms with Crippen LogP contribution in [0.2, 0.25) is 0 Å². The lowest BCUT2D eigenvalue weighted by atomic mass is 9.70. The molecule has 0 unspecified atom stereocenters. The van der Waals surface area contributed by atoms with Crippen LogP contribution in [0.4, 0.5) is 17.1 Å². The van der Waals surface area contributed by atoms with Crippen LogP contribution in [0.3, 0.4) is 0 Å². The summed E-state index contributed by atoms with van der Waals surface area (Å²) in [6.07, 6.45) is 0. The molecule has 0 fully saturated rings. The van der Waals surface area contributed by atoms with Crippen molar-refractivity contribution in [3.63, 3.8) is 0 Å². The fourth-order valence-electron chi connectivity index (χ4n) is 10.3. The van der Waals surface area contributed by atoms with Crippen molar-refractivity contribution >= 4 is 17.1 Å². The topological polar surface area (TPSA) is 3.24 Å². The van der Waals surface area contributed by atoms with Crippen molar-refractivity contribution in [2.24, 2.45) is 0 Å². The first-order valence-corrected chi connectivity index (χ1v) is 21.5. The van der Waals surface area contributed by atoms with Gasteiger partial charge in [-0.3, -0.25) is 0 Å². The number of benzene rings is 10. The van der Waals surface area contributed by atoms with Crippen molar-refractivity contribution in [2.75, 3.05) is 4.90 Å². The maximum atomic E-state index is 2.47. The average Bonchev–Trinajstić information content (AvgIpc) is 3.82. The Morgan fingerprint density at radius 1 is 0.210 bits per heavy atom. The van der Waals surface area contributed by atoms with E-state index in [-0.39, 0.29) is 0 Å². The minimum Gasteiger partial charge on any atom is -0.310 e. The summed E-state index contributed by atoms with van der Waals surface area (Å²) in [5.41, 5.74) is 23.1. The first-order chi connectivity index (χ1) is 30.7. The molecule has 0 aliphatic heterocycles. The Labute approximate surface area is 363 Å². The zero-order valence-corrected chi connectivity index (χ0v) is 34.1. The predicted octanol–water partition coefficient (Wildman–Crippen LogP) is 16.2. The molecule has 2 aliphatic rings. The highest BCUT2D eigenvalue weighted by atomic mass is 15.1. The molecular weight excluding hydrogens is 747 g/mol. The molecule has 0 bridgehead atoms. The van der Waals surface area contributed by atoms with Gasteiger partial charge in [0.05, 0.1) is 5.41 Å². The van der Waals surface area contributed by atoms with Gasteiger partial charge in [0.1, 0.15) is 0 Å². The fraction of sp³-hybridized carbons (Fsp3) is 0.0164. The Kier molecular flexibility index (Phi) is 8.47. The molecule has 1 spiro atoms. The molecule has 1 heteroatoms. The third-order valence-corrected chi connectivity index (χ3v) is 13.1. The molecule has 12 rings (SSSR count). The summed E-state index contributed by atoms with van der Waals surface area (Å²) >= 11 is 0. The van der Waals surface area contributed by atoms with Crippen molar-refractivity contribution in [3.8, 4) is 66.8 Å². The van der Waals surface area contributed by atoms with E-state index in [0.29, 0.717) is 0 Å². The molecule has 0 saturated heterocycles. The van der Waals surface area contributed by atoms with Crippen LogP contribution in [-0.2, 0) is 5.41 Å². The predicted molar refractivity (Wildman–Crippen MR) is 259 cm³/mol. The number of hydrogen-bond acceptors (Lipinski definition) is 1. The molecule has 2 aliphatic carbocycles. The molecule has 0 heterocycles. The summed E-state index contributed by atoms with van der Waals surface area (Å²) in [6.45, 7) is 0. The van der Waals surface area contributed by atoms with E-state index in [2.05, 4.69) is 254 Å². The van der Waals surface area contributed by atoms with Crippen LogP contribution in [0.1, 0.15) is 22.3 Å². The van der Waals surface area contributed by atoms with Gasteiger partial charge < -0.3 is 4.90 Å². The molecule has 10 aromatic carbocycles. The van der Waals surface area contributed by atoms with Gasteiger partial charge in [-0.05, 0) is 144 Å². The second-order valence-corrected chi connectivity index (χ2v) is 16.4. The van der Waals surface area contributed by atoms with Gasteiger partial charge in [-0.25, -0.2) is 0 Å². The molecule has 62 heavy (non-hydrogen) atoms. The van der Waals surface area contributed by atoms with Gasteiger partial charge >= 0.3 is 0 Å². The van der Waals surface area contributed by atoms with Crippen molar-refractivity contribution in [1.82, 2.24) is 0 Å². The molecular formula is C61H41N. The molecule has 290 valence electrons. The smallest absolute Gasteiger partial charge is 0.0726 e. The quantitative estimate of drug-likeness (QED) is 0.155. The molecule has 0 radical (unpaired) electrons. The molecule has 0 saturated carbocycles. The zero-order chi connectivity index (χ0) is 41.0. The van der Waals surface area contributed by atoms with Gasteiger partial charge in [0, 0.05) is 17.1 Å². The lowest BCUT2D eigenvalue weighted by molar-refractivity contribution is 0.793. The maximum absolute atomic E-state index is 2.47. The van der Waals surface area contributed by atoms with Gasteiger partial charge in [0.15, 0.2) is 0 Å². The van der Waals surface area contributed by atoms with Crippen LogP contribution in [0, 0.1) is 0 Å². The van der Waals surface area contributed by atoms with Gasteiger partial charge in [-0.15, -0.1) is 0 Å². The molecule has 10 aromatic rings. The van der Waals surface area contributed by atoms with E-state index >= 15 is 0 Å². The highest BCUT2D eigenvalue weighted by Gasteiger charge is 2.51. The minimum absolute atomic E-state index is 0.429. The first kappa shape index (κ1) is 35.9. The highest BCUT2D eigenvalue weighted by molar-refractivity contribution is 5.96. The molecule has 0 N–H and O–H groups in total. The number of hydrogen-bond donors (Lipinski definition) is 0. The fourth-order valence-corrected chi connectivity index (χ4v) is 10.3. The summed E-state index contributed by atoms with van der Waals surface area (Å²) in [6, 6.07) is 91.4. The standard InChI is InChI=1S/C61H41N/c1-4-16-42(17-5-1)45-28-32-50(33-29-45)62(51-34-30-46(31-35-51)49-39-47(43-18-6-2-7-19-43)38-48(40-49)44-20-8-3-9-21-44)52-36-37-56-55-24-12-15-27-59(55)61(60(56)41-52)57-25-13-10-22-53(57)54-23-11-14-26-58(54)61/h1-41H. The Morgan fingerprint density at radius 2 is 0.516 bits per heavy atom. The van der Waals surface area contributed by atoms with Crippen LogP contribution in [0.15, 0.2) is 249 Å². The Bertz CT molecular complexity index is 3140. The molecule has 1 nitrogen and oxygen atoms in total. The van der Waals surface area contributed by atoms with E-state index in [1.807, 2.05) is 0 Å². The minimum atomic E-state index is -0.429. The summed E-state index contributed by atoms with van der Waals surface area (Å²) in [5, 5.41) is 0. The Hall–Kier alpha value is -8.00. The molecule has 0 aromatic heterocycles. The summed E-state index contributed by atoms with van der Waals surface area (Å²) < 4.78 is 0. The number of anilines is 3. The number of fused-ring (bicyclic) bond motifs is 10. The monoisotopic (exact) mass is 787 g/mol. The maximum Gasteiger partial charge on any atom is 0.0726 e. The van der Waals surface area contributed by atoms with E-state index in [0.717, 1.165) is 17.1 Å². The van der Waals surface area contributed by atoms with Crippen LogP contribution in [0.25, 0.3) is 66.8 Å². The lowest BCUT2D eigenvalue weighted by Gasteiger charge is -2.32. The van der Waals surface area contributed by atoms with Gasteiger partial charge in [0.2, 0.25) is 0 Å².